The molecule has 0 aliphatic heterocycles. The number of rotatable bonds is 18. The third kappa shape index (κ3) is 9.71. The van der Waals surface area contributed by atoms with E-state index in [1.807, 2.05) is 37.3 Å². The predicted octanol–water partition coefficient (Wildman–Crippen LogP) is 5.48. The first-order chi connectivity index (χ1) is 21.6. The third-order valence-electron chi connectivity index (χ3n) is 7.92. The van der Waals surface area contributed by atoms with Crippen LogP contribution in [0, 0.1) is 5.92 Å². The molecule has 0 saturated carbocycles. The Balaban J connectivity index is 1.64. The summed E-state index contributed by atoms with van der Waals surface area (Å²) in [7, 11) is 0. The quantitative estimate of drug-likeness (QED) is 0.0745. The fourth-order valence-corrected chi connectivity index (χ4v) is 5.02. The van der Waals surface area contributed by atoms with Gasteiger partial charge < -0.3 is 15.7 Å². The Labute approximate surface area is 265 Å². The minimum absolute atomic E-state index is 0.116. The maximum absolute atomic E-state index is 13.4. The molecule has 1 heterocycles. The number of carboxylic acids is 1. The van der Waals surface area contributed by atoms with E-state index in [2.05, 4.69) is 22.5 Å². The zero-order valence-electron chi connectivity index (χ0n) is 26.5. The highest BCUT2D eigenvalue weighted by atomic mass is 16.7. The average Bonchev–Trinajstić information content (AvgIpc) is 3.06. The van der Waals surface area contributed by atoms with Crippen LogP contribution in [0.2, 0.25) is 0 Å². The first kappa shape index (κ1) is 34.9. The molecule has 3 N–H and O–H groups in total. The molecule has 0 unspecified atom stereocenters. The van der Waals surface area contributed by atoms with Crippen LogP contribution in [0.15, 0.2) is 72.8 Å². The van der Waals surface area contributed by atoms with Gasteiger partial charge in [0, 0.05) is 5.56 Å². The standard InChI is InChI=1S/C35H44N4O6/c1-5-7-9-15-28(31(6-2)39(24-40)45-22-25-13-10-8-11-14-25)32(41)36-23-37-33(42)30-17-12-16-29(38-30)26-18-20-27(21-19-26)35(3,4)34(43)44/h8,10-14,16-21,24,28,31H,5-7,9,15,22-23H2,1-4H3,(H,36,41)(H,37,42)(H,43,44)/t28-,31-/m1/s1. The molecule has 2 aromatic carbocycles. The van der Waals surface area contributed by atoms with E-state index in [-0.39, 0.29) is 24.9 Å². The molecule has 1 aromatic heterocycles. The van der Waals surface area contributed by atoms with Crippen LogP contribution in [0.5, 0.6) is 0 Å². The maximum Gasteiger partial charge on any atom is 0.313 e. The molecule has 3 aromatic rings. The molecule has 10 nitrogen and oxygen atoms in total. The summed E-state index contributed by atoms with van der Waals surface area (Å²) >= 11 is 0. The van der Waals surface area contributed by atoms with Crippen molar-refractivity contribution in [3.8, 4) is 11.3 Å². The highest BCUT2D eigenvalue weighted by Crippen LogP contribution is 2.27. The molecule has 45 heavy (non-hydrogen) atoms. The van der Waals surface area contributed by atoms with Crippen molar-refractivity contribution in [2.24, 2.45) is 5.92 Å². The minimum atomic E-state index is -1.04. The third-order valence-corrected chi connectivity index (χ3v) is 7.92. The fraction of sp³-hybridized carbons (Fsp3) is 0.400. The molecular weight excluding hydrogens is 572 g/mol. The van der Waals surface area contributed by atoms with E-state index in [4.69, 9.17) is 4.84 Å². The summed E-state index contributed by atoms with van der Waals surface area (Å²) in [5.74, 6) is -2.19. The number of carboxylic acid groups (broad SMARTS) is 1. The fourth-order valence-electron chi connectivity index (χ4n) is 5.02. The van der Waals surface area contributed by atoms with Crippen LogP contribution < -0.4 is 10.6 Å². The number of hydrogen-bond acceptors (Lipinski definition) is 6. The summed E-state index contributed by atoms with van der Waals surface area (Å²) in [6, 6.07) is 21.1. The Hall–Kier alpha value is -4.57. The van der Waals surface area contributed by atoms with Crippen molar-refractivity contribution in [2.75, 3.05) is 6.67 Å². The van der Waals surface area contributed by atoms with Crippen molar-refractivity contribution >= 4 is 24.2 Å². The summed E-state index contributed by atoms with van der Waals surface area (Å²) in [6.45, 7) is 7.36. The summed E-state index contributed by atoms with van der Waals surface area (Å²) < 4.78 is 0. The van der Waals surface area contributed by atoms with Crippen molar-refractivity contribution in [3.05, 3.63) is 89.6 Å². The van der Waals surface area contributed by atoms with Crippen LogP contribution in [0.4, 0.5) is 0 Å². The zero-order chi connectivity index (χ0) is 32.8. The average molecular weight is 617 g/mol. The van der Waals surface area contributed by atoms with Gasteiger partial charge in [-0.25, -0.2) is 10.0 Å². The number of aliphatic carboxylic acids is 1. The van der Waals surface area contributed by atoms with Gasteiger partial charge in [-0.3, -0.25) is 24.0 Å². The molecule has 3 rings (SSSR count). The lowest BCUT2D eigenvalue weighted by atomic mass is 9.84. The lowest BCUT2D eigenvalue weighted by Gasteiger charge is -2.32. The number of nitrogens with zero attached hydrogens (tertiary/aromatic N) is 2. The topological polar surface area (TPSA) is 138 Å². The highest BCUT2D eigenvalue weighted by Gasteiger charge is 2.32. The molecule has 0 spiro atoms. The Kier molecular flexibility index (Phi) is 13.2. The summed E-state index contributed by atoms with van der Waals surface area (Å²) in [4.78, 5) is 60.3. The van der Waals surface area contributed by atoms with E-state index in [0.717, 1.165) is 30.4 Å². The number of nitrogens with one attached hydrogen (secondary N) is 2. The molecule has 2 atom stereocenters. The lowest BCUT2D eigenvalue weighted by molar-refractivity contribution is -0.200. The Morgan fingerprint density at radius 1 is 0.956 bits per heavy atom. The molecule has 0 bridgehead atoms. The van der Waals surface area contributed by atoms with Gasteiger partial charge in [-0.2, -0.15) is 0 Å². The Morgan fingerprint density at radius 3 is 2.29 bits per heavy atom. The van der Waals surface area contributed by atoms with E-state index < -0.39 is 29.3 Å². The highest BCUT2D eigenvalue weighted by molar-refractivity contribution is 5.93. The van der Waals surface area contributed by atoms with Gasteiger partial charge in [-0.15, -0.1) is 0 Å². The number of hydrogen-bond donors (Lipinski definition) is 3. The van der Waals surface area contributed by atoms with Crippen molar-refractivity contribution in [1.29, 1.82) is 0 Å². The smallest absolute Gasteiger partial charge is 0.313 e. The second kappa shape index (κ2) is 17.1. The van der Waals surface area contributed by atoms with E-state index in [0.29, 0.717) is 30.5 Å². The molecular formula is C35H44N4O6. The SMILES string of the molecule is CCCCC[C@@H](C(=O)NCNC(=O)c1cccc(-c2ccc(C(C)(C)C(=O)O)cc2)n1)[C@@H](CC)N(C=O)OCc1ccccc1. The van der Waals surface area contributed by atoms with Crippen molar-refractivity contribution in [2.45, 2.75) is 77.9 Å². The molecule has 240 valence electrons. The van der Waals surface area contributed by atoms with E-state index in [1.165, 1.54) is 5.06 Å². The normalized spacial score (nSPS) is 12.5. The number of benzene rings is 2. The Bertz CT molecular complexity index is 1410. The van der Waals surface area contributed by atoms with Crippen LogP contribution in [0.25, 0.3) is 11.3 Å². The summed E-state index contributed by atoms with van der Waals surface area (Å²) in [6.07, 6.45) is 4.45. The van der Waals surface area contributed by atoms with Crippen molar-refractivity contribution in [1.82, 2.24) is 20.7 Å². The van der Waals surface area contributed by atoms with Gasteiger partial charge in [-0.05, 0) is 49.9 Å². The molecule has 3 amide bonds. The van der Waals surface area contributed by atoms with Gasteiger partial charge in [0.05, 0.1) is 29.7 Å². The number of carbonyl (C=O) groups is 4. The van der Waals surface area contributed by atoms with Gasteiger partial charge in [-0.1, -0.05) is 93.8 Å². The van der Waals surface area contributed by atoms with Crippen LogP contribution >= 0.6 is 0 Å². The van der Waals surface area contributed by atoms with Crippen molar-refractivity contribution < 1.29 is 29.1 Å². The molecule has 0 saturated heterocycles. The monoisotopic (exact) mass is 616 g/mol. The predicted molar refractivity (Wildman–Crippen MR) is 172 cm³/mol. The number of aromatic nitrogens is 1. The number of hydroxylamine groups is 2. The summed E-state index contributed by atoms with van der Waals surface area (Å²) in [5.41, 5.74) is 1.98. The summed E-state index contributed by atoms with van der Waals surface area (Å²) in [5, 5.41) is 16.3. The largest absolute Gasteiger partial charge is 0.481 e. The molecule has 0 fully saturated rings. The van der Waals surface area contributed by atoms with Gasteiger partial charge in [0.1, 0.15) is 12.3 Å². The number of carbonyl (C=O) groups excluding carboxylic acids is 3. The van der Waals surface area contributed by atoms with E-state index >= 15 is 0 Å². The van der Waals surface area contributed by atoms with Gasteiger partial charge >= 0.3 is 5.97 Å². The van der Waals surface area contributed by atoms with E-state index in [9.17, 15) is 24.3 Å². The molecule has 0 radical (unpaired) electrons. The second-order valence-electron chi connectivity index (χ2n) is 11.4. The van der Waals surface area contributed by atoms with Crippen LogP contribution in [-0.2, 0) is 31.2 Å². The van der Waals surface area contributed by atoms with Gasteiger partial charge in [0.2, 0.25) is 12.3 Å². The van der Waals surface area contributed by atoms with Crippen LogP contribution in [-0.4, -0.2) is 52.1 Å². The van der Waals surface area contributed by atoms with Crippen LogP contribution in [0.3, 0.4) is 0 Å². The second-order valence-corrected chi connectivity index (χ2v) is 11.4. The van der Waals surface area contributed by atoms with E-state index in [1.54, 1.807) is 56.3 Å². The molecule has 10 heteroatoms. The molecule has 0 aliphatic rings. The minimum Gasteiger partial charge on any atom is -0.481 e. The zero-order valence-corrected chi connectivity index (χ0v) is 26.5. The van der Waals surface area contributed by atoms with Crippen molar-refractivity contribution in [3.63, 3.8) is 0 Å². The molecule has 0 aliphatic carbocycles. The van der Waals surface area contributed by atoms with Gasteiger partial charge in [0.25, 0.3) is 5.91 Å². The van der Waals surface area contributed by atoms with Gasteiger partial charge in [0.15, 0.2) is 0 Å². The number of amides is 3. The first-order valence-corrected chi connectivity index (χ1v) is 15.4. The Morgan fingerprint density at radius 2 is 1.67 bits per heavy atom. The number of pyridine rings is 1. The lowest BCUT2D eigenvalue weighted by Crippen LogP contribution is -2.48. The maximum atomic E-state index is 13.4. The first-order valence-electron chi connectivity index (χ1n) is 15.4. The number of unbranched alkanes of at least 4 members (excludes halogenated alkanes) is 2. The van der Waals surface area contributed by atoms with Crippen LogP contribution in [0.1, 0.15) is 81.4 Å².